The summed E-state index contributed by atoms with van der Waals surface area (Å²) in [7, 11) is 0. The summed E-state index contributed by atoms with van der Waals surface area (Å²) in [4.78, 5) is 0. The van der Waals surface area contributed by atoms with E-state index in [-0.39, 0.29) is 55.5 Å². The van der Waals surface area contributed by atoms with E-state index in [0.29, 0.717) is 0 Å². The van der Waals surface area contributed by atoms with Gasteiger partial charge in [-0.2, -0.15) is 0 Å². The Bertz CT molecular complexity index is 118. The van der Waals surface area contributed by atoms with E-state index >= 15 is 0 Å². The summed E-state index contributed by atoms with van der Waals surface area (Å²) < 4.78 is 77.2. The number of hydrogen-bond donors (Lipinski definition) is 0. The van der Waals surface area contributed by atoms with Gasteiger partial charge in [0.2, 0.25) is 0 Å². The van der Waals surface area contributed by atoms with Crippen molar-refractivity contribution in [3.8, 4) is 0 Å². The molecule has 2 radical (unpaired) electrons. The molecular formula is CrDyO9Ti3. The summed E-state index contributed by atoms with van der Waals surface area (Å²) in [5.74, 6) is 0. The van der Waals surface area contributed by atoms with Crippen LogP contribution in [0, 0.1) is 38.2 Å². The summed E-state index contributed by atoms with van der Waals surface area (Å²) in [6, 6.07) is 0. The van der Waals surface area contributed by atoms with Gasteiger partial charge in [-0.25, -0.2) is 0 Å². The third-order valence-electron chi connectivity index (χ3n) is 0. The van der Waals surface area contributed by atoms with Crippen LogP contribution in [0.2, 0.25) is 0 Å². The zero-order valence-electron chi connectivity index (χ0n) is 5.90. The van der Waals surface area contributed by atoms with Gasteiger partial charge in [-0.05, 0) is 0 Å². The molecule has 0 aromatic rings. The van der Waals surface area contributed by atoms with Gasteiger partial charge in [-0.3, -0.25) is 0 Å². The predicted molar refractivity (Wildman–Crippen MR) is 2.06 cm³/mol. The summed E-state index contributed by atoms with van der Waals surface area (Å²) in [6.07, 6.45) is 0. The van der Waals surface area contributed by atoms with Gasteiger partial charge < -0.3 is 0 Å². The van der Waals surface area contributed by atoms with Gasteiger partial charge in [0, 0.05) is 0 Å². The molecule has 9 nitrogen and oxygen atoms in total. The van der Waals surface area contributed by atoms with Crippen molar-refractivity contribution in [1.82, 2.24) is 0 Å². The van der Waals surface area contributed by atoms with E-state index in [1.54, 1.807) is 0 Å². The van der Waals surface area contributed by atoms with E-state index in [1.807, 2.05) is 0 Å². The molecule has 14 heavy (non-hydrogen) atoms. The standard InChI is InChI=1S/Cr.Dy.9O.3Ti/q2*+3;;;;6*-1;;;. The molecule has 0 fully saturated rings. The Hall–Kier alpha value is 3.11. The minimum atomic E-state index is -4.08. The average molecular weight is 502 g/mol. The minimum absolute atomic E-state index is 0. The molecule has 82 valence electrons. The van der Waals surface area contributed by atoms with Gasteiger partial charge in [0.1, 0.15) is 0 Å². The van der Waals surface area contributed by atoms with Crippen molar-refractivity contribution in [2.24, 2.45) is 0 Å². The fourth-order valence-corrected chi connectivity index (χ4v) is 0. The first-order valence-electron chi connectivity index (χ1n) is 1.84. The van der Waals surface area contributed by atoms with Crippen molar-refractivity contribution < 1.29 is 143 Å². The van der Waals surface area contributed by atoms with E-state index in [2.05, 4.69) is 0 Å². The second-order valence-electron chi connectivity index (χ2n) is 0.750. The van der Waals surface area contributed by atoms with Gasteiger partial charge in [-0.1, -0.05) is 0 Å². The molecule has 0 aliphatic rings. The van der Waals surface area contributed by atoms with Crippen LogP contribution < -0.4 is 22.1 Å². The first kappa shape index (κ1) is 30.3. The van der Waals surface area contributed by atoms with Gasteiger partial charge >= 0.3 is 143 Å². The zero-order valence-corrected chi connectivity index (χ0v) is 13.9. The quantitative estimate of drug-likeness (QED) is 0.290. The molecule has 0 heterocycles. The van der Waals surface area contributed by atoms with Crippen LogP contribution in [-0.4, -0.2) is 0 Å². The topological polar surface area (TPSA) is 190 Å². The van der Waals surface area contributed by atoms with Gasteiger partial charge in [0.05, 0.1) is 0 Å². The second-order valence-corrected chi connectivity index (χ2v) is 3.09. The Kier molecular flexibility index (Phi) is 54.2. The van der Waals surface area contributed by atoms with Crippen molar-refractivity contribution >= 4 is 0 Å². The fraction of sp³-hybridized carbons (Fsp3) is 0. The van der Waals surface area contributed by atoms with E-state index in [1.165, 1.54) is 0 Å². The SMILES string of the molecule is [Cr+3].[Dy+3].[O]=[Ti]([O-])[O-].[O]=[Ti]([O-])[O-].[O]=[Ti]([O-])[O-]. The predicted octanol–water partition coefficient (Wildman–Crippen LogP) is -7.50. The first-order chi connectivity index (χ1) is 5.20. The van der Waals surface area contributed by atoms with Crippen molar-refractivity contribution in [2.45, 2.75) is 0 Å². The molecule has 0 N–H and O–H groups in total. The molecule has 0 saturated carbocycles. The molecular weight excluding hydrogens is 502 g/mol. The van der Waals surface area contributed by atoms with Crippen molar-refractivity contribution in [3.05, 3.63) is 0 Å². The van der Waals surface area contributed by atoms with Crippen molar-refractivity contribution in [3.63, 3.8) is 0 Å². The van der Waals surface area contributed by atoms with Crippen LogP contribution >= 0.6 is 0 Å². The molecule has 14 heteroatoms. The van der Waals surface area contributed by atoms with Gasteiger partial charge in [-0.15, -0.1) is 0 Å². The third-order valence-corrected chi connectivity index (χ3v) is 0. The van der Waals surface area contributed by atoms with Gasteiger partial charge in [0.15, 0.2) is 0 Å². The monoisotopic (exact) mass is 504 g/mol. The molecule has 0 unspecified atom stereocenters. The molecule has 0 rings (SSSR count). The van der Waals surface area contributed by atoms with Crippen LogP contribution in [0.15, 0.2) is 0 Å². The molecule has 0 atom stereocenters. The average Bonchev–Trinajstić information content (AvgIpc) is 1.54. The maximum atomic E-state index is 8.58. The summed E-state index contributed by atoms with van der Waals surface area (Å²) in [5, 5.41) is 0. The molecule has 0 saturated heterocycles. The van der Waals surface area contributed by atoms with Crippen LogP contribution in [0.4, 0.5) is 0 Å². The Morgan fingerprint density at radius 1 is 0.571 bits per heavy atom. The first-order valence-corrected chi connectivity index (χ1v) is 7.57. The molecule has 0 amide bonds. The molecule has 0 aliphatic carbocycles. The Labute approximate surface area is 141 Å². The Balaban J connectivity index is -0.0000000270. The summed E-state index contributed by atoms with van der Waals surface area (Å²) in [5.41, 5.74) is 0. The number of rotatable bonds is 0. The molecule has 0 aromatic heterocycles. The van der Waals surface area contributed by atoms with Crippen molar-refractivity contribution in [2.75, 3.05) is 0 Å². The Morgan fingerprint density at radius 3 is 0.571 bits per heavy atom. The van der Waals surface area contributed by atoms with Crippen LogP contribution in [0.5, 0.6) is 0 Å². The molecule has 0 aliphatic heterocycles. The normalized spacial score (nSPS) is 5.57. The zero-order chi connectivity index (χ0) is 10.7. The summed E-state index contributed by atoms with van der Waals surface area (Å²) in [6.45, 7) is 0. The third kappa shape index (κ3) is 311. The Morgan fingerprint density at radius 2 is 0.571 bits per heavy atom. The summed E-state index contributed by atoms with van der Waals surface area (Å²) >= 11 is -12.2. The van der Waals surface area contributed by atoms with Crippen LogP contribution in [-0.2, 0) is 83.2 Å². The molecule has 0 bridgehead atoms. The van der Waals surface area contributed by atoms with Gasteiger partial charge in [0.25, 0.3) is 0 Å². The van der Waals surface area contributed by atoms with E-state index in [9.17, 15) is 0 Å². The molecule has 0 spiro atoms. The fourth-order valence-electron chi connectivity index (χ4n) is 0. The van der Waals surface area contributed by atoms with E-state index in [4.69, 9.17) is 32.1 Å². The van der Waals surface area contributed by atoms with Crippen LogP contribution in [0.25, 0.3) is 0 Å². The maximum absolute atomic E-state index is 8.58. The van der Waals surface area contributed by atoms with Crippen molar-refractivity contribution in [1.29, 1.82) is 0 Å². The van der Waals surface area contributed by atoms with Crippen LogP contribution in [0.3, 0.4) is 0 Å². The number of hydrogen-bond acceptors (Lipinski definition) is 9. The molecule has 0 aromatic carbocycles. The second kappa shape index (κ2) is 25.1. The van der Waals surface area contributed by atoms with E-state index in [0.717, 1.165) is 0 Å². The van der Waals surface area contributed by atoms with E-state index < -0.39 is 55.8 Å². The van der Waals surface area contributed by atoms with Crippen LogP contribution in [0.1, 0.15) is 0 Å².